The molecule has 0 bridgehead atoms. The average Bonchev–Trinajstić information content (AvgIpc) is 0.822. The predicted octanol–water partition coefficient (Wildman–Crippen LogP) is 9.30. The smallest absolute Gasteiger partial charge is 0.338 e. The van der Waals surface area contributed by atoms with Crippen LogP contribution in [0.4, 0.5) is 0 Å². The molecule has 3 saturated heterocycles. The van der Waals surface area contributed by atoms with Gasteiger partial charge >= 0.3 is 23.9 Å². The lowest BCUT2D eigenvalue weighted by Gasteiger charge is -2.43. The highest BCUT2D eigenvalue weighted by atomic mass is 16.7. The number of amides is 3. The van der Waals surface area contributed by atoms with Gasteiger partial charge in [-0.05, 0) is 77.5 Å². The molecule has 3 aliphatic rings. The molecule has 29 nitrogen and oxygen atoms in total. The third-order valence-electron chi connectivity index (χ3n) is 21.9. The Labute approximate surface area is 690 Å². The van der Waals surface area contributed by atoms with E-state index in [9.17, 15) is 33.6 Å². The molecule has 0 radical (unpaired) electrons. The normalized spacial score (nSPS) is 23.7. The van der Waals surface area contributed by atoms with E-state index in [1.54, 1.807) is 72.8 Å². The molecule has 3 amide bonds. The maximum Gasteiger partial charge on any atom is 0.338 e. The van der Waals surface area contributed by atoms with E-state index in [2.05, 4.69) is 78.3 Å². The van der Waals surface area contributed by atoms with Gasteiger partial charge in [0.1, 0.15) is 26.4 Å². The van der Waals surface area contributed by atoms with Crippen LogP contribution in [-0.4, -0.2) is 257 Å². The van der Waals surface area contributed by atoms with Crippen LogP contribution in [0.15, 0.2) is 121 Å². The second-order valence-electron chi connectivity index (χ2n) is 30.3. The van der Waals surface area contributed by atoms with Gasteiger partial charge in [-0.15, -0.1) is 0 Å². The Morgan fingerprint density at radius 2 is 0.581 bits per heavy atom. The van der Waals surface area contributed by atoms with Crippen LogP contribution in [-0.2, 0) is 116 Å². The third-order valence-corrected chi connectivity index (χ3v) is 21.9. The number of esters is 4. The lowest BCUT2D eigenvalue weighted by molar-refractivity contribution is -0.256. The van der Waals surface area contributed by atoms with Crippen molar-refractivity contribution in [3.63, 3.8) is 0 Å². The second kappa shape index (κ2) is 55.4. The van der Waals surface area contributed by atoms with Gasteiger partial charge in [0.2, 0.25) is 17.7 Å². The lowest BCUT2D eigenvalue weighted by Crippen LogP contribution is -2.48. The first-order valence-corrected chi connectivity index (χ1v) is 41.4. The number of ether oxygens (including phenoxy) is 19. The molecule has 4 aromatic carbocycles. The summed E-state index contributed by atoms with van der Waals surface area (Å²) in [7, 11) is 0. The maximum absolute atomic E-state index is 13.8. The molecule has 117 heavy (non-hydrogen) atoms. The SMILES string of the molecule is CC1[C@H](C)C(COC(=O)c2ccccc2)O[C@H](OCCOCCOCCNC(=O)CCOCC(COCCC(=O)NCCOCCOCCO[C@H]2OC(COC(=O)c3ccccc3)[C@@H](C)C(C)[C@H]2C)(COCCC(=O)NCCOCCOCCO[C@H]2OC(COC(=O)c3ccccc3)[C@@H](C)C(C)[C@H]2C)CC(=O)OCc2ccccc2)[C@@H]1C. The van der Waals surface area contributed by atoms with Crippen molar-refractivity contribution in [2.75, 3.05) is 178 Å². The zero-order chi connectivity index (χ0) is 83.8. The topological polar surface area (TPSA) is 331 Å². The number of nitrogens with one attached hydrogen (secondary N) is 3. The van der Waals surface area contributed by atoms with E-state index in [4.69, 9.17) is 90.0 Å². The molecule has 3 heterocycles. The van der Waals surface area contributed by atoms with E-state index in [-0.39, 0.29) is 260 Å². The summed E-state index contributed by atoms with van der Waals surface area (Å²) in [5.41, 5.74) is 1.00. The first-order chi connectivity index (χ1) is 56.7. The fourth-order valence-corrected chi connectivity index (χ4v) is 13.5. The van der Waals surface area contributed by atoms with Gasteiger partial charge in [0.15, 0.2) is 18.9 Å². The van der Waals surface area contributed by atoms with Crippen LogP contribution >= 0.6 is 0 Å². The van der Waals surface area contributed by atoms with Crippen molar-refractivity contribution in [3.8, 4) is 0 Å². The molecule has 0 saturated carbocycles. The number of hydrogen-bond donors (Lipinski definition) is 3. The molecule has 3 N–H and O–H groups in total. The zero-order valence-corrected chi connectivity index (χ0v) is 69.9. The highest BCUT2D eigenvalue weighted by Crippen LogP contribution is 2.39. The molecule has 7 rings (SSSR count). The molecular weight excluding hydrogens is 1510 g/mol. The van der Waals surface area contributed by atoms with E-state index in [1.165, 1.54) is 0 Å². The van der Waals surface area contributed by atoms with Crippen LogP contribution in [0, 0.1) is 58.7 Å². The Bertz CT molecular complexity index is 3120. The van der Waals surface area contributed by atoms with Gasteiger partial charge in [-0.25, -0.2) is 14.4 Å². The minimum atomic E-state index is -1.21. The fourth-order valence-electron chi connectivity index (χ4n) is 13.5. The van der Waals surface area contributed by atoms with E-state index < -0.39 is 48.2 Å². The van der Waals surface area contributed by atoms with Gasteiger partial charge in [-0.3, -0.25) is 19.2 Å². The van der Waals surface area contributed by atoms with E-state index >= 15 is 0 Å². The number of carbonyl (C=O) groups excluding carboxylic acids is 7. The summed E-state index contributed by atoms with van der Waals surface area (Å²) in [4.78, 5) is 91.0. The molecule has 0 aromatic heterocycles. The van der Waals surface area contributed by atoms with Crippen molar-refractivity contribution in [1.82, 2.24) is 16.0 Å². The number of rotatable bonds is 58. The van der Waals surface area contributed by atoms with E-state index in [0.29, 0.717) is 56.3 Å². The van der Waals surface area contributed by atoms with E-state index in [1.807, 2.05) is 48.5 Å². The van der Waals surface area contributed by atoms with Gasteiger partial charge in [0, 0.05) is 56.7 Å². The van der Waals surface area contributed by atoms with Crippen molar-refractivity contribution >= 4 is 41.6 Å². The van der Waals surface area contributed by atoms with Gasteiger partial charge in [-0.1, -0.05) is 147 Å². The average molecular weight is 1640 g/mol. The molecule has 652 valence electrons. The Balaban J connectivity index is 0.802. The van der Waals surface area contributed by atoms with Crippen LogP contribution in [0.1, 0.15) is 125 Å². The van der Waals surface area contributed by atoms with E-state index in [0.717, 1.165) is 5.56 Å². The largest absolute Gasteiger partial charge is 0.461 e. The van der Waals surface area contributed by atoms with Crippen molar-refractivity contribution in [2.24, 2.45) is 58.7 Å². The van der Waals surface area contributed by atoms with Gasteiger partial charge in [0.25, 0.3) is 0 Å². The minimum absolute atomic E-state index is 0.000557. The molecule has 6 unspecified atom stereocenters. The molecule has 3 aliphatic heterocycles. The lowest BCUT2D eigenvalue weighted by atomic mass is 9.79. The van der Waals surface area contributed by atoms with Crippen molar-refractivity contribution < 1.29 is 124 Å². The quantitative estimate of drug-likeness (QED) is 0.0210. The van der Waals surface area contributed by atoms with Crippen LogP contribution in [0.3, 0.4) is 0 Å². The van der Waals surface area contributed by atoms with Crippen LogP contribution in [0.25, 0.3) is 0 Å². The number of carbonyl (C=O) groups is 7. The number of benzene rings is 4. The summed E-state index contributed by atoms with van der Waals surface area (Å²) >= 11 is 0. The van der Waals surface area contributed by atoms with Crippen LogP contribution in [0.2, 0.25) is 0 Å². The second-order valence-corrected chi connectivity index (χ2v) is 30.3. The van der Waals surface area contributed by atoms with Crippen molar-refractivity contribution in [1.29, 1.82) is 0 Å². The summed E-state index contributed by atoms with van der Waals surface area (Å²) in [6.07, 6.45) is -2.78. The molecule has 3 fully saturated rings. The first kappa shape index (κ1) is 96.7. The van der Waals surface area contributed by atoms with Gasteiger partial charge in [-0.2, -0.15) is 0 Å². The Kier molecular flexibility index (Phi) is 45.8. The summed E-state index contributed by atoms with van der Waals surface area (Å²) in [5.74, 6) is -1.18. The summed E-state index contributed by atoms with van der Waals surface area (Å²) in [5, 5.41) is 8.52. The molecule has 4 aromatic rings. The summed E-state index contributed by atoms with van der Waals surface area (Å²) in [6.45, 7) is 23.7. The van der Waals surface area contributed by atoms with Crippen molar-refractivity contribution in [3.05, 3.63) is 144 Å². The Morgan fingerprint density at radius 1 is 0.308 bits per heavy atom. The number of hydrogen-bond acceptors (Lipinski definition) is 26. The minimum Gasteiger partial charge on any atom is -0.461 e. The Morgan fingerprint density at radius 3 is 0.880 bits per heavy atom. The molecule has 29 heteroatoms. The third kappa shape index (κ3) is 36.2. The molecule has 15 atom stereocenters. The predicted molar refractivity (Wildman–Crippen MR) is 430 cm³/mol. The highest BCUT2D eigenvalue weighted by Gasteiger charge is 2.44. The standard InChI is InChI=1S/C88H129N3O26/c1-62-65(4)75(56-112-82(96)72-24-16-11-17-25-72)115-85(68(62)7)108-51-48-102-45-42-99-39-33-89-78(92)30-36-105-59-88(54-81(95)111-55-71-22-14-10-15-23-71,60-106-37-31-79(93)90-34-40-100-43-46-103-49-52-109-86-69(8)63(2)66(5)76(116-86)57-113-83(97)73-26-18-12-19-27-73)61-107-38-32-80(94)91-35-41-101-44-47-104-50-53-110-87-70(9)64(3)67(6)77(117-87)58-114-84(98)74-28-20-13-21-29-74/h10-29,62-70,75-77,85-87H,30-61H2,1-9H3,(H,89,92)(H,90,93)(H,91,94)/t62?,63?,64?,65-,66-,67-,68+,69+,70+,75?,76?,77?,85-,86-,87-,88?/m0/s1. The molecular formula is C88H129N3O26. The van der Waals surface area contributed by atoms with Crippen molar-refractivity contribution in [2.45, 2.75) is 132 Å². The first-order valence-electron chi connectivity index (χ1n) is 41.4. The Hall–Kier alpha value is -7.43. The monoisotopic (exact) mass is 1640 g/mol. The molecule has 0 aliphatic carbocycles. The molecule has 0 spiro atoms. The fraction of sp³-hybridized carbons (Fsp3) is 0.648. The van der Waals surface area contributed by atoms with Gasteiger partial charge < -0.3 is 106 Å². The van der Waals surface area contributed by atoms with Gasteiger partial charge in [0.05, 0.1) is 186 Å². The highest BCUT2D eigenvalue weighted by molar-refractivity contribution is 5.90. The summed E-state index contributed by atoms with van der Waals surface area (Å²) < 4.78 is 113. The van der Waals surface area contributed by atoms with Crippen LogP contribution < -0.4 is 16.0 Å². The van der Waals surface area contributed by atoms with Crippen LogP contribution in [0.5, 0.6) is 0 Å². The summed E-state index contributed by atoms with van der Waals surface area (Å²) in [6, 6.07) is 35.7. The maximum atomic E-state index is 13.8. The zero-order valence-electron chi connectivity index (χ0n) is 69.9.